The number of halogens is 1. The lowest BCUT2D eigenvalue weighted by Gasteiger charge is -2.28. The minimum atomic E-state index is 0. The normalized spacial score (nSPS) is 15.1. The van der Waals surface area contributed by atoms with Gasteiger partial charge >= 0.3 is 0 Å². The molecule has 0 amide bonds. The predicted molar refractivity (Wildman–Crippen MR) is 120 cm³/mol. The molecular formula is C23H32ClN3. The summed E-state index contributed by atoms with van der Waals surface area (Å²) in [4.78, 5) is 11.2. The minimum absolute atomic E-state index is 0. The zero-order valence-electron chi connectivity index (χ0n) is 17.2. The van der Waals surface area contributed by atoms with Crippen molar-refractivity contribution in [1.82, 2.24) is 9.88 Å². The van der Waals surface area contributed by atoms with Crippen molar-refractivity contribution in [2.75, 3.05) is 13.1 Å². The van der Waals surface area contributed by atoms with E-state index < -0.39 is 0 Å². The Morgan fingerprint density at radius 2 is 1.59 bits per heavy atom. The third-order valence-corrected chi connectivity index (χ3v) is 5.02. The number of nitrogens with one attached hydrogen (secondary N) is 1. The number of aromatic amines is 1. The van der Waals surface area contributed by atoms with Crippen LogP contribution in [0.3, 0.4) is 0 Å². The molecule has 1 aromatic carbocycles. The Balaban J connectivity index is 0.00000261. The highest BCUT2D eigenvalue weighted by Gasteiger charge is 2.17. The van der Waals surface area contributed by atoms with Gasteiger partial charge in [0.05, 0.1) is 5.35 Å². The monoisotopic (exact) mass is 385 g/mol. The van der Waals surface area contributed by atoms with Gasteiger partial charge in [-0.2, -0.15) is 0 Å². The Kier molecular flexibility index (Phi) is 7.32. The van der Waals surface area contributed by atoms with E-state index in [-0.39, 0.29) is 12.4 Å². The van der Waals surface area contributed by atoms with Gasteiger partial charge in [-0.15, -0.1) is 12.4 Å². The van der Waals surface area contributed by atoms with Crippen molar-refractivity contribution in [1.29, 1.82) is 0 Å². The van der Waals surface area contributed by atoms with Gasteiger partial charge < -0.3 is 9.88 Å². The van der Waals surface area contributed by atoms with Crippen molar-refractivity contribution >= 4 is 29.5 Å². The van der Waals surface area contributed by atoms with Gasteiger partial charge in [0, 0.05) is 29.7 Å². The molecule has 1 fully saturated rings. The number of piperidine rings is 1. The third-order valence-electron chi connectivity index (χ3n) is 5.02. The van der Waals surface area contributed by atoms with Crippen LogP contribution in [0.2, 0.25) is 0 Å². The highest BCUT2D eigenvalue weighted by Crippen LogP contribution is 2.20. The smallest absolute Gasteiger partial charge is 0.152 e. The Morgan fingerprint density at radius 1 is 0.963 bits per heavy atom. The van der Waals surface area contributed by atoms with Crippen molar-refractivity contribution < 1.29 is 0 Å². The van der Waals surface area contributed by atoms with Gasteiger partial charge in [0.15, 0.2) is 5.82 Å². The van der Waals surface area contributed by atoms with Crippen LogP contribution in [0.15, 0.2) is 35.3 Å². The van der Waals surface area contributed by atoms with E-state index in [2.05, 4.69) is 74.8 Å². The Bertz CT molecular complexity index is 909. The first-order chi connectivity index (χ1) is 12.5. The zero-order chi connectivity index (χ0) is 18.7. The van der Waals surface area contributed by atoms with Crippen LogP contribution in [0.25, 0.3) is 22.7 Å². The molecule has 0 aliphatic carbocycles. The molecule has 1 aliphatic heterocycles. The van der Waals surface area contributed by atoms with E-state index in [4.69, 9.17) is 4.99 Å². The highest BCUT2D eigenvalue weighted by atomic mass is 35.5. The van der Waals surface area contributed by atoms with Crippen molar-refractivity contribution in [3.8, 4) is 11.3 Å². The second-order valence-corrected chi connectivity index (χ2v) is 7.67. The molecule has 0 spiro atoms. The molecule has 2 aromatic rings. The van der Waals surface area contributed by atoms with Crippen LogP contribution in [0.4, 0.5) is 0 Å². The Hall–Kier alpha value is -2.00. The van der Waals surface area contributed by atoms with Gasteiger partial charge in [-0.3, -0.25) is 0 Å². The third kappa shape index (κ3) is 4.65. The molecule has 1 aliphatic rings. The topological polar surface area (TPSA) is 31.4 Å². The standard InChI is InChI=1S/C23H31N3.ClH/c1-16(2)20-18(5)21(19-12-8-6-9-13-19)25-22(20)23(24-17(3)4)26-14-10-7-11-15-26;/h6,8-9,12-13,25H,7,10-11,14-15H2,1-5H3;1H/b23-22-;. The maximum absolute atomic E-state index is 4.98. The van der Waals surface area contributed by atoms with Crippen molar-refractivity contribution in [2.24, 2.45) is 4.99 Å². The van der Waals surface area contributed by atoms with E-state index in [1.807, 2.05) is 0 Å². The van der Waals surface area contributed by atoms with Crippen molar-refractivity contribution in [3.05, 3.63) is 46.5 Å². The van der Waals surface area contributed by atoms with Gasteiger partial charge in [0.1, 0.15) is 0 Å². The molecule has 3 nitrogen and oxygen atoms in total. The molecule has 2 heterocycles. The lowest BCUT2D eigenvalue weighted by molar-refractivity contribution is 0.319. The first kappa shape index (κ1) is 21.3. The van der Waals surface area contributed by atoms with Crippen LogP contribution < -0.4 is 10.6 Å². The van der Waals surface area contributed by atoms with Gasteiger partial charge in [-0.1, -0.05) is 35.9 Å². The summed E-state index contributed by atoms with van der Waals surface area (Å²) < 4.78 is 0. The van der Waals surface area contributed by atoms with Crippen LogP contribution in [0, 0.1) is 6.92 Å². The second-order valence-electron chi connectivity index (χ2n) is 7.67. The quantitative estimate of drug-likeness (QED) is 0.767. The number of aromatic nitrogens is 1. The molecule has 1 saturated heterocycles. The fraction of sp³-hybridized carbons (Fsp3) is 0.435. The summed E-state index contributed by atoms with van der Waals surface area (Å²) in [5.74, 6) is 1.10. The first-order valence-corrected chi connectivity index (χ1v) is 9.71. The number of benzene rings is 1. The minimum Gasteiger partial charge on any atom is -0.355 e. The number of hydrogen-bond donors (Lipinski definition) is 1. The first-order valence-electron chi connectivity index (χ1n) is 9.71. The average molecular weight is 386 g/mol. The fourth-order valence-corrected chi connectivity index (χ4v) is 3.88. The molecule has 1 aromatic heterocycles. The van der Waals surface area contributed by atoms with Gasteiger partial charge in [0.2, 0.25) is 0 Å². The van der Waals surface area contributed by atoms with Crippen molar-refractivity contribution in [3.63, 3.8) is 0 Å². The predicted octanol–water partition coefficient (Wildman–Crippen LogP) is 4.63. The molecule has 1 N–H and O–H groups in total. The molecule has 27 heavy (non-hydrogen) atoms. The van der Waals surface area contributed by atoms with Crippen molar-refractivity contribution in [2.45, 2.75) is 53.9 Å². The van der Waals surface area contributed by atoms with Gasteiger partial charge in [0.25, 0.3) is 0 Å². The molecule has 0 bridgehead atoms. The second kappa shape index (κ2) is 9.27. The number of hydrogen-bond acceptors (Lipinski definition) is 2. The summed E-state index contributed by atoms with van der Waals surface area (Å²) in [6, 6.07) is 10.6. The van der Waals surface area contributed by atoms with E-state index in [9.17, 15) is 0 Å². The van der Waals surface area contributed by atoms with Crippen LogP contribution in [0.1, 0.15) is 52.5 Å². The van der Waals surface area contributed by atoms with Crippen LogP contribution >= 0.6 is 12.4 Å². The highest BCUT2D eigenvalue weighted by molar-refractivity contribution is 5.85. The number of aliphatic imine (C=N–C) groups is 1. The van der Waals surface area contributed by atoms with Gasteiger partial charge in [-0.25, -0.2) is 4.99 Å². The lowest BCUT2D eigenvalue weighted by Crippen LogP contribution is -2.37. The summed E-state index contributed by atoms with van der Waals surface area (Å²) in [6.45, 7) is 13.0. The number of nitrogens with zero attached hydrogens (tertiary/aromatic N) is 2. The van der Waals surface area contributed by atoms with E-state index in [1.165, 1.54) is 52.2 Å². The number of rotatable bonds is 3. The van der Waals surface area contributed by atoms with E-state index in [1.54, 1.807) is 0 Å². The molecule has 146 valence electrons. The number of likely N-dealkylation sites (tertiary alicyclic amines) is 1. The molecule has 0 radical (unpaired) electrons. The summed E-state index contributed by atoms with van der Waals surface area (Å²) in [5, 5.41) is 2.49. The Morgan fingerprint density at radius 3 is 2.15 bits per heavy atom. The van der Waals surface area contributed by atoms with Crippen LogP contribution in [0.5, 0.6) is 0 Å². The summed E-state index contributed by atoms with van der Waals surface area (Å²) in [7, 11) is 0. The molecule has 0 unspecified atom stereocenters. The van der Waals surface area contributed by atoms with Gasteiger partial charge in [-0.05, 0) is 65.0 Å². The maximum atomic E-state index is 4.98. The molecule has 4 heteroatoms. The zero-order valence-corrected chi connectivity index (χ0v) is 18.0. The average Bonchev–Trinajstić information content (AvgIpc) is 2.98. The summed E-state index contributed by atoms with van der Waals surface area (Å²) in [5.41, 5.74) is 6.17. The van der Waals surface area contributed by atoms with Crippen LogP contribution in [-0.4, -0.2) is 28.7 Å². The van der Waals surface area contributed by atoms with E-state index in [0.717, 1.165) is 24.6 Å². The SMILES string of the molecule is CC(C)=N/C(=c1/[nH]c(-c2ccccc2)c(C)c1=C(C)C)N1CCCCC1.Cl. The molecule has 0 atom stereocenters. The fourth-order valence-electron chi connectivity index (χ4n) is 3.88. The van der Waals surface area contributed by atoms with E-state index >= 15 is 0 Å². The summed E-state index contributed by atoms with van der Waals surface area (Å²) in [6.07, 6.45) is 3.82. The Labute approximate surface area is 169 Å². The van der Waals surface area contributed by atoms with Crippen LogP contribution in [-0.2, 0) is 0 Å². The molecule has 3 rings (SSSR count). The lowest BCUT2D eigenvalue weighted by atomic mass is 10.1. The molecular weight excluding hydrogens is 354 g/mol. The number of H-pyrrole nitrogens is 1. The largest absolute Gasteiger partial charge is 0.355 e. The molecule has 0 saturated carbocycles. The van der Waals surface area contributed by atoms with E-state index in [0.29, 0.717) is 0 Å². The maximum Gasteiger partial charge on any atom is 0.152 e. The summed E-state index contributed by atoms with van der Waals surface area (Å²) >= 11 is 0.